The Hall–Kier alpha value is -2.12. The number of benzene rings is 1. The third-order valence-electron chi connectivity index (χ3n) is 4.62. The van der Waals surface area contributed by atoms with Crippen molar-refractivity contribution in [3.63, 3.8) is 0 Å². The number of nitrogens with zero attached hydrogens (tertiary/aromatic N) is 1. The Bertz CT molecular complexity index is 660. The molecule has 1 unspecified atom stereocenters. The summed E-state index contributed by atoms with van der Waals surface area (Å²) in [7, 11) is 1.49. The minimum atomic E-state index is -4.35. The minimum absolute atomic E-state index is 0.0351. The molecule has 1 fully saturated rings. The number of likely N-dealkylation sites (tertiary alicyclic amines) is 1. The molecule has 1 aliphatic heterocycles. The van der Waals surface area contributed by atoms with Crippen molar-refractivity contribution in [3.8, 4) is 11.5 Å². The molecule has 0 aliphatic carbocycles. The molecule has 1 saturated heterocycles. The summed E-state index contributed by atoms with van der Waals surface area (Å²) < 4.78 is 50.5. The van der Waals surface area contributed by atoms with Gasteiger partial charge in [-0.25, -0.2) is 4.79 Å². The molecule has 1 atom stereocenters. The van der Waals surface area contributed by atoms with Gasteiger partial charge in [0.1, 0.15) is 11.5 Å². The molecule has 2 amide bonds. The highest BCUT2D eigenvalue weighted by Crippen LogP contribution is 2.45. The largest absolute Gasteiger partial charge is 0.497 e. The molecule has 0 bridgehead atoms. The van der Waals surface area contributed by atoms with Gasteiger partial charge >= 0.3 is 12.2 Å². The Labute approximate surface area is 151 Å². The summed E-state index contributed by atoms with van der Waals surface area (Å²) in [4.78, 5) is 13.9. The van der Waals surface area contributed by atoms with Gasteiger partial charge in [0.15, 0.2) is 0 Å². The Kier molecular flexibility index (Phi) is 5.63. The van der Waals surface area contributed by atoms with Crippen LogP contribution in [0.2, 0.25) is 0 Å². The molecule has 8 heteroatoms. The van der Waals surface area contributed by atoms with Crippen molar-refractivity contribution >= 4 is 11.7 Å². The zero-order valence-corrected chi connectivity index (χ0v) is 15.6. The van der Waals surface area contributed by atoms with Crippen LogP contribution in [0.1, 0.15) is 34.1 Å². The van der Waals surface area contributed by atoms with Crippen LogP contribution >= 0.6 is 0 Å². The van der Waals surface area contributed by atoms with Crippen molar-refractivity contribution < 1.29 is 27.4 Å². The van der Waals surface area contributed by atoms with Crippen LogP contribution in [0.4, 0.5) is 23.7 Å². The minimum Gasteiger partial charge on any atom is -0.497 e. The lowest BCUT2D eigenvalue weighted by atomic mass is 9.88. The molecule has 2 rings (SSSR count). The number of amides is 2. The smallest absolute Gasteiger partial charge is 0.394 e. The Balaban J connectivity index is 2.24. The van der Waals surface area contributed by atoms with Crippen LogP contribution in [-0.4, -0.2) is 42.4 Å². The number of methoxy groups -OCH3 is 1. The molecule has 146 valence electrons. The van der Waals surface area contributed by atoms with Gasteiger partial charge in [-0.3, -0.25) is 0 Å². The van der Waals surface area contributed by atoms with Crippen molar-refractivity contribution in [3.05, 3.63) is 18.2 Å². The van der Waals surface area contributed by atoms with Crippen LogP contribution in [0.15, 0.2) is 18.2 Å². The third-order valence-corrected chi connectivity index (χ3v) is 4.62. The van der Waals surface area contributed by atoms with Gasteiger partial charge in [-0.1, -0.05) is 0 Å². The SMILES string of the molecule is COc1ccc(OC(C)C)c(NC(=O)N2CCC(C(F)(F)F)C2(C)C)c1. The molecular weight excluding hydrogens is 349 g/mol. The van der Waals surface area contributed by atoms with E-state index in [0.717, 1.165) is 0 Å². The van der Waals surface area contributed by atoms with E-state index in [1.807, 2.05) is 13.8 Å². The van der Waals surface area contributed by atoms with E-state index in [1.54, 1.807) is 18.2 Å². The van der Waals surface area contributed by atoms with Crippen LogP contribution in [0.3, 0.4) is 0 Å². The van der Waals surface area contributed by atoms with Crippen molar-refractivity contribution in [1.82, 2.24) is 4.90 Å². The molecule has 26 heavy (non-hydrogen) atoms. The molecule has 1 N–H and O–H groups in total. The maximum atomic E-state index is 13.2. The van der Waals surface area contributed by atoms with Crippen LogP contribution in [0, 0.1) is 5.92 Å². The second-order valence-electron chi connectivity index (χ2n) is 7.15. The predicted molar refractivity (Wildman–Crippen MR) is 92.7 cm³/mol. The number of hydrogen-bond donors (Lipinski definition) is 1. The Morgan fingerprint density at radius 2 is 2.00 bits per heavy atom. The van der Waals surface area contributed by atoms with Gasteiger partial charge in [-0.15, -0.1) is 0 Å². The van der Waals surface area contributed by atoms with Gasteiger partial charge in [0.05, 0.1) is 30.4 Å². The van der Waals surface area contributed by atoms with E-state index in [4.69, 9.17) is 9.47 Å². The summed E-state index contributed by atoms with van der Waals surface area (Å²) in [6.07, 6.45) is -4.59. The van der Waals surface area contributed by atoms with E-state index >= 15 is 0 Å². The molecule has 0 saturated carbocycles. The highest BCUT2D eigenvalue weighted by molar-refractivity contribution is 5.92. The summed E-state index contributed by atoms with van der Waals surface area (Å²) >= 11 is 0. The fraction of sp³-hybridized carbons (Fsp3) is 0.611. The number of carbonyl (C=O) groups is 1. The number of nitrogens with one attached hydrogen (secondary N) is 1. The third kappa shape index (κ3) is 4.16. The molecule has 0 spiro atoms. The standard InChI is InChI=1S/C18H25F3N2O3/c1-11(2)26-14-7-6-12(25-5)10-13(14)22-16(24)23-9-8-15(17(23,3)4)18(19,20)21/h6-7,10-11,15H,8-9H2,1-5H3,(H,22,24). The van der Waals surface area contributed by atoms with Gasteiger partial charge < -0.3 is 19.7 Å². The number of hydrogen-bond acceptors (Lipinski definition) is 3. The second-order valence-corrected chi connectivity index (χ2v) is 7.15. The molecule has 5 nitrogen and oxygen atoms in total. The molecular formula is C18H25F3N2O3. The lowest BCUT2D eigenvalue weighted by Gasteiger charge is -2.36. The number of carbonyl (C=O) groups excluding carboxylic acids is 1. The van der Waals surface area contributed by atoms with Gasteiger partial charge in [0, 0.05) is 12.6 Å². The summed E-state index contributed by atoms with van der Waals surface area (Å²) in [6, 6.07) is 4.33. The first-order valence-corrected chi connectivity index (χ1v) is 8.47. The van der Waals surface area contributed by atoms with Crippen LogP contribution in [0.25, 0.3) is 0 Å². The predicted octanol–water partition coefficient (Wildman–Crippen LogP) is 4.68. The Morgan fingerprint density at radius 3 is 2.50 bits per heavy atom. The molecule has 0 aromatic heterocycles. The van der Waals surface area contributed by atoms with E-state index < -0.39 is 23.7 Å². The normalized spacial score (nSPS) is 19.6. The zero-order valence-electron chi connectivity index (χ0n) is 15.6. The van der Waals surface area contributed by atoms with Crippen molar-refractivity contribution in [2.45, 2.75) is 51.9 Å². The fourth-order valence-electron chi connectivity index (χ4n) is 3.29. The van der Waals surface area contributed by atoms with Gasteiger partial charge in [-0.05, 0) is 46.2 Å². The van der Waals surface area contributed by atoms with Crippen molar-refractivity contribution in [1.29, 1.82) is 0 Å². The maximum Gasteiger partial charge on any atom is 0.394 e. The highest BCUT2D eigenvalue weighted by atomic mass is 19.4. The topological polar surface area (TPSA) is 50.8 Å². The van der Waals surface area contributed by atoms with Crippen LogP contribution in [0.5, 0.6) is 11.5 Å². The monoisotopic (exact) mass is 374 g/mol. The van der Waals surface area contributed by atoms with E-state index in [2.05, 4.69) is 5.32 Å². The van der Waals surface area contributed by atoms with Crippen LogP contribution < -0.4 is 14.8 Å². The summed E-state index contributed by atoms with van der Waals surface area (Å²) in [6.45, 7) is 6.59. The molecule has 1 heterocycles. The number of ether oxygens (including phenoxy) is 2. The van der Waals surface area contributed by atoms with E-state index in [0.29, 0.717) is 17.2 Å². The number of rotatable bonds is 4. The highest BCUT2D eigenvalue weighted by Gasteiger charge is 2.56. The first kappa shape index (κ1) is 20.2. The van der Waals surface area contributed by atoms with Gasteiger partial charge in [0.25, 0.3) is 0 Å². The second kappa shape index (κ2) is 7.25. The van der Waals surface area contributed by atoms with E-state index in [-0.39, 0.29) is 19.1 Å². The fourth-order valence-corrected chi connectivity index (χ4v) is 3.29. The molecule has 0 radical (unpaired) electrons. The average Bonchev–Trinajstić information content (AvgIpc) is 2.83. The van der Waals surface area contributed by atoms with Gasteiger partial charge in [0.2, 0.25) is 0 Å². The maximum absolute atomic E-state index is 13.2. The molecule has 1 aromatic rings. The van der Waals surface area contributed by atoms with Gasteiger partial charge in [-0.2, -0.15) is 13.2 Å². The molecule has 1 aliphatic rings. The number of halogens is 3. The van der Waals surface area contributed by atoms with E-state index in [9.17, 15) is 18.0 Å². The number of urea groups is 1. The summed E-state index contributed by atoms with van der Waals surface area (Å²) in [5, 5.41) is 2.67. The summed E-state index contributed by atoms with van der Waals surface area (Å²) in [5.41, 5.74) is -0.977. The average molecular weight is 374 g/mol. The lowest BCUT2D eigenvalue weighted by molar-refractivity contribution is -0.189. The van der Waals surface area contributed by atoms with Crippen LogP contribution in [-0.2, 0) is 0 Å². The Morgan fingerprint density at radius 1 is 1.35 bits per heavy atom. The first-order chi connectivity index (χ1) is 12.0. The molecule has 1 aromatic carbocycles. The lowest BCUT2D eigenvalue weighted by Crippen LogP contribution is -2.51. The van der Waals surface area contributed by atoms with E-state index in [1.165, 1.54) is 25.9 Å². The van der Waals surface area contributed by atoms with Crippen molar-refractivity contribution in [2.24, 2.45) is 5.92 Å². The first-order valence-electron chi connectivity index (χ1n) is 8.47. The zero-order chi connectivity index (χ0) is 19.7. The number of alkyl halides is 3. The quantitative estimate of drug-likeness (QED) is 0.833. The summed E-state index contributed by atoms with van der Waals surface area (Å²) in [5.74, 6) is -0.624. The number of anilines is 1. The van der Waals surface area contributed by atoms with Crippen molar-refractivity contribution in [2.75, 3.05) is 19.0 Å².